The number of nitrogens with zero attached hydrogens (tertiary/aromatic N) is 3. The van der Waals surface area contributed by atoms with Crippen molar-refractivity contribution in [3.05, 3.63) is 53.0 Å². The molecule has 1 aromatic carbocycles. The number of ketones is 1. The molecule has 1 amide bonds. The molecule has 0 fully saturated rings. The van der Waals surface area contributed by atoms with Crippen LogP contribution in [0.2, 0.25) is 0 Å². The molecule has 0 atom stereocenters. The fourth-order valence-corrected chi connectivity index (χ4v) is 3.60. The standard InChI is InChI=1S/C22H21F3N4O5/c1-3-15-14(8-16(30)19(26)32)18-20(27-11-28-21(18)34-10-17(31)33-2)29(15)9-12-5-4-6-13(7-12)22(23,24)25/h4-7,11H,3,8-10H2,1-2H3,(H2,26,32). The van der Waals surface area contributed by atoms with Gasteiger partial charge in [-0.1, -0.05) is 19.1 Å². The first kappa shape index (κ1) is 24.7. The maximum absolute atomic E-state index is 13.2. The predicted octanol–water partition coefficient (Wildman–Crippen LogP) is 2.21. The minimum Gasteiger partial charge on any atom is -0.466 e. The van der Waals surface area contributed by atoms with Crippen LogP contribution in [-0.4, -0.2) is 45.9 Å². The van der Waals surface area contributed by atoms with Gasteiger partial charge in [0.2, 0.25) is 11.7 Å². The second kappa shape index (κ2) is 9.89. The number of fused-ring (bicyclic) bond motifs is 1. The smallest absolute Gasteiger partial charge is 0.416 e. The van der Waals surface area contributed by atoms with Crippen molar-refractivity contribution in [3.8, 4) is 5.88 Å². The van der Waals surface area contributed by atoms with E-state index in [-0.39, 0.29) is 23.5 Å². The minimum absolute atomic E-state index is 0.0121. The van der Waals surface area contributed by atoms with Crippen LogP contribution in [0.3, 0.4) is 0 Å². The fraction of sp³-hybridized carbons (Fsp3) is 0.318. The van der Waals surface area contributed by atoms with Crippen LogP contribution in [0.5, 0.6) is 5.88 Å². The van der Waals surface area contributed by atoms with Gasteiger partial charge in [0.15, 0.2) is 6.61 Å². The molecule has 2 N–H and O–H groups in total. The third-order valence-corrected chi connectivity index (χ3v) is 5.12. The van der Waals surface area contributed by atoms with Gasteiger partial charge >= 0.3 is 12.1 Å². The summed E-state index contributed by atoms with van der Waals surface area (Å²) in [5, 5.41) is 0.254. The summed E-state index contributed by atoms with van der Waals surface area (Å²) in [6.45, 7) is 1.28. The van der Waals surface area contributed by atoms with Crippen LogP contribution in [0.15, 0.2) is 30.6 Å². The summed E-state index contributed by atoms with van der Waals surface area (Å²) >= 11 is 0. The van der Waals surface area contributed by atoms with E-state index in [9.17, 15) is 27.6 Å². The molecule has 0 radical (unpaired) electrons. The number of carbonyl (C=O) groups excluding carboxylic acids is 3. The third-order valence-electron chi connectivity index (χ3n) is 5.12. The van der Waals surface area contributed by atoms with Crippen LogP contribution in [0.1, 0.15) is 29.3 Å². The first-order chi connectivity index (χ1) is 16.1. The largest absolute Gasteiger partial charge is 0.466 e. The zero-order chi connectivity index (χ0) is 25.0. The lowest BCUT2D eigenvalue weighted by Crippen LogP contribution is -2.25. The number of nitrogens with two attached hydrogens (primary N) is 1. The zero-order valence-electron chi connectivity index (χ0n) is 18.3. The second-order valence-electron chi connectivity index (χ2n) is 7.27. The second-order valence-corrected chi connectivity index (χ2v) is 7.27. The Morgan fingerprint density at radius 2 is 1.91 bits per heavy atom. The molecule has 2 heterocycles. The number of amides is 1. The Hall–Kier alpha value is -3.96. The Morgan fingerprint density at radius 3 is 2.53 bits per heavy atom. The molecule has 0 aliphatic rings. The Bertz CT molecular complexity index is 1250. The van der Waals surface area contributed by atoms with E-state index >= 15 is 0 Å². The van der Waals surface area contributed by atoms with Gasteiger partial charge < -0.3 is 19.8 Å². The summed E-state index contributed by atoms with van der Waals surface area (Å²) in [4.78, 5) is 43.5. The van der Waals surface area contributed by atoms with Crippen molar-refractivity contribution in [2.24, 2.45) is 5.73 Å². The van der Waals surface area contributed by atoms with E-state index in [1.54, 1.807) is 11.5 Å². The van der Waals surface area contributed by atoms with Crippen LogP contribution in [0.4, 0.5) is 13.2 Å². The lowest BCUT2D eigenvalue weighted by atomic mass is 10.0. The highest BCUT2D eigenvalue weighted by molar-refractivity contribution is 6.36. The van der Waals surface area contributed by atoms with Gasteiger partial charge in [0.05, 0.1) is 18.1 Å². The highest BCUT2D eigenvalue weighted by Gasteiger charge is 2.31. The highest BCUT2D eigenvalue weighted by Crippen LogP contribution is 2.34. The number of ether oxygens (including phenoxy) is 2. The zero-order valence-corrected chi connectivity index (χ0v) is 18.3. The first-order valence-electron chi connectivity index (χ1n) is 10.1. The summed E-state index contributed by atoms with van der Waals surface area (Å²) in [6, 6.07) is 4.82. The molecule has 3 rings (SSSR count). The molecule has 0 bridgehead atoms. The molecule has 0 saturated heterocycles. The van der Waals surface area contributed by atoms with E-state index < -0.39 is 42.4 Å². The third kappa shape index (κ3) is 5.16. The van der Waals surface area contributed by atoms with Crippen molar-refractivity contribution in [3.63, 3.8) is 0 Å². The van der Waals surface area contributed by atoms with Crippen molar-refractivity contribution >= 4 is 28.7 Å². The molecule has 0 spiro atoms. The van der Waals surface area contributed by atoms with Crippen LogP contribution in [0, 0.1) is 0 Å². The number of carbonyl (C=O) groups is 3. The summed E-state index contributed by atoms with van der Waals surface area (Å²) in [5.41, 5.74) is 5.80. The van der Waals surface area contributed by atoms with Crippen LogP contribution >= 0.6 is 0 Å². The summed E-state index contributed by atoms with van der Waals surface area (Å²) < 4.78 is 51.2. The van der Waals surface area contributed by atoms with Crippen molar-refractivity contribution in [2.75, 3.05) is 13.7 Å². The van der Waals surface area contributed by atoms with Crippen molar-refractivity contribution < 1.29 is 37.0 Å². The van der Waals surface area contributed by atoms with E-state index in [0.29, 0.717) is 23.2 Å². The van der Waals surface area contributed by atoms with Gasteiger partial charge in [0.25, 0.3) is 5.91 Å². The van der Waals surface area contributed by atoms with Crippen molar-refractivity contribution in [1.82, 2.24) is 14.5 Å². The quantitative estimate of drug-likeness (QED) is 0.369. The Morgan fingerprint density at radius 1 is 1.18 bits per heavy atom. The monoisotopic (exact) mass is 478 g/mol. The number of benzene rings is 1. The maximum Gasteiger partial charge on any atom is 0.416 e. The Labute approximate surface area is 191 Å². The molecule has 0 aliphatic carbocycles. The molecule has 12 heteroatoms. The van der Waals surface area contributed by atoms with E-state index in [0.717, 1.165) is 18.5 Å². The lowest BCUT2D eigenvalue weighted by Gasteiger charge is -2.12. The van der Waals surface area contributed by atoms with Gasteiger partial charge in [0, 0.05) is 18.7 Å². The molecule has 180 valence electrons. The molecular formula is C22H21F3N4O5. The number of Topliss-reactive ketones (excluding diaryl/α,β-unsaturated/α-hetero) is 1. The number of aromatic nitrogens is 3. The van der Waals surface area contributed by atoms with Crippen molar-refractivity contribution in [1.29, 1.82) is 0 Å². The number of hydrogen-bond donors (Lipinski definition) is 1. The van der Waals surface area contributed by atoms with Gasteiger partial charge in [-0.25, -0.2) is 14.8 Å². The number of rotatable bonds is 9. The van der Waals surface area contributed by atoms with Gasteiger partial charge in [-0.15, -0.1) is 0 Å². The number of halogens is 3. The Kier molecular flexibility index (Phi) is 7.18. The van der Waals surface area contributed by atoms with E-state index in [4.69, 9.17) is 10.5 Å². The SMILES string of the molecule is CCc1c(CC(=O)C(N)=O)c2c(OCC(=O)OC)ncnc2n1Cc1cccc(C(F)(F)F)c1. The normalized spacial score (nSPS) is 11.4. The molecule has 0 saturated carbocycles. The van der Waals surface area contributed by atoms with Crippen LogP contribution in [-0.2, 0) is 44.7 Å². The number of hydrogen-bond acceptors (Lipinski definition) is 7. The van der Waals surface area contributed by atoms with E-state index in [2.05, 4.69) is 14.7 Å². The number of esters is 1. The van der Waals surface area contributed by atoms with Gasteiger partial charge in [-0.2, -0.15) is 13.2 Å². The minimum atomic E-state index is -4.52. The molecule has 34 heavy (non-hydrogen) atoms. The van der Waals surface area contributed by atoms with Crippen LogP contribution < -0.4 is 10.5 Å². The summed E-state index contributed by atoms with van der Waals surface area (Å²) in [5.74, 6) is -2.74. The van der Waals surface area contributed by atoms with Gasteiger partial charge in [-0.05, 0) is 29.7 Å². The number of alkyl halides is 3. The van der Waals surface area contributed by atoms with Gasteiger partial charge in [0.1, 0.15) is 12.0 Å². The molecule has 2 aromatic heterocycles. The predicted molar refractivity (Wildman–Crippen MR) is 113 cm³/mol. The fourth-order valence-electron chi connectivity index (χ4n) is 3.60. The topological polar surface area (TPSA) is 126 Å². The molecule has 3 aromatic rings. The summed E-state index contributed by atoms with van der Waals surface area (Å²) in [7, 11) is 1.18. The average molecular weight is 478 g/mol. The molecular weight excluding hydrogens is 457 g/mol. The molecule has 9 nitrogen and oxygen atoms in total. The number of methoxy groups -OCH3 is 1. The van der Waals surface area contributed by atoms with E-state index in [1.165, 1.54) is 19.2 Å². The number of primary amides is 1. The highest BCUT2D eigenvalue weighted by atomic mass is 19.4. The van der Waals surface area contributed by atoms with Gasteiger partial charge in [-0.3, -0.25) is 9.59 Å². The average Bonchev–Trinajstić information content (AvgIpc) is 3.09. The maximum atomic E-state index is 13.2. The lowest BCUT2D eigenvalue weighted by molar-refractivity contribution is -0.143. The van der Waals surface area contributed by atoms with Crippen molar-refractivity contribution in [2.45, 2.75) is 32.5 Å². The van der Waals surface area contributed by atoms with Crippen LogP contribution in [0.25, 0.3) is 11.0 Å². The molecule has 0 aliphatic heterocycles. The first-order valence-corrected chi connectivity index (χ1v) is 10.1. The summed E-state index contributed by atoms with van der Waals surface area (Å²) in [6.07, 6.45) is -3.41. The molecule has 0 unspecified atom stereocenters. The Balaban J connectivity index is 2.18. The van der Waals surface area contributed by atoms with E-state index in [1.807, 2.05) is 0 Å².